The summed E-state index contributed by atoms with van der Waals surface area (Å²) >= 11 is 0. The molecule has 2 N–H and O–H groups in total. The molecule has 0 saturated heterocycles. The van der Waals surface area contributed by atoms with Gasteiger partial charge in [-0.15, -0.1) is 0 Å². The zero-order valence-corrected chi connectivity index (χ0v) is 11.4. The summed E-state index contributed by atoms with van der Waals surface area (Å²) in [6.45, 7) is 5.63. The molecule has 0 heterocycles. The summed E-state index contributed by atoms with van der Waals surface area (Å²) in [6.07, 6.45) is 0.395. The van der Waals surface area contributed by atoms with E-state index in [-0.39, 0.29) is 5.91 Å². The van der Waals surface area contributed by atoms with Crippen molar-refractivity contribution in [2.75, 3.05) is 20.2 Å². The largest absolute Gasteiger partial charge is 0.494 e. The van der Waals surface area contributed by atoms with Crippen LogP contribution in [0.25, 0.3) is 0 Å². The Morgan fingerprint density at radius 2 is 2.17 bits per heavy atom. The van der Waals surface area contributed by atoms with Crippen LogP contribution >= 0.6 is 0 Å². The lowest BCUT2D eigenvalue weighted by molar-refractivity contribution is -0.130. The lowest BCUT2D eigenvalue weighted by atomic mass is 10.1. The number of nitrogens with zero attached hydrogens (tertiary/aromatic N) is 1. The van der Waals surface area contributed by atoms with Crippen LogP contribution < -0.4 is 10.5 Å². The van der Waals surface area contributed by atoms with Gasteiger partial charge < -0.3 is 15.4 Å². The molecule has 0 saturated carbocycles. The van der Waals surface area contributed by atoms with Gasteiger partial charge in [0.15, 0.2) is 0 Å². The van der Waals surface area contributed by atoms with Crippen molar-refractivity contribution in [2.45, 2.75) is 26.8 Å². The fourth-order valence-corrected chi connectivity index (χ4v) is 1.80. The fraction of sp³-hybridized carbons (Fsp3) is 0.500. The third kappa shape index (κ3) is 4.04. The van der Waals surface area contributed by atoms with E-state index < -0.39 is 0 Å². The Morgan fingerprint density at radius 1 is 1.44 bits per heavy atom. The molecule has 100 valence electrons. The molecule has 4 heteroatoms. The van der Waals surface area contributed by atoms with Crippen molar-refractivity contribution in [3.8, 4) is 5.75 Å². The summed E-state index contributed by atoms with van der Waals surface area (Å²) in [4.78, 5) is 13.3. The molecule has 0 aromatic heterocycles. The molecule has 18 heavy (non-hydrogen) atoms. The van der Waals surface area contributed by atoms with Crippen LogP contribution in [-0.4, -0.2) is 31.0 Å². The van der Waals surface area contributed by atoms with Crippen LogP contribution in [0.15, 0.2) is 18.2 Å². The Morgan fingerprint density at radius 3 is 2.72 bits per heavy atom. The second-order valence-corrected chi connectivity index (χ2v) is 4.32. The number of nitrogens with two attached hydrogens (primary N) is 1. The maximum Gasteiger partial charge on any atom is 0.223 e. The lowest BCUT2D eigenvalue weighted by Gasteiger charge is -2.18. The summed E-state index contributed by atoms with van der Waals surface area (Å²) in [6, 6.07) is 6.00. The first-order valence-corrected chi connectivity index (χ1v) is 6.24. The highest BCUT2D eigenvalue weighted by molar-refractivity contribution is 5.76. The lowest BCUT2D eigenvalue weighted by Crippen LogP contribution is -2.27. The van der Waals surface area contributed by atoms with Crippen LogP contribution in [0.1, 0.15) is 24.5 Å². The zero-order valence-electron chi connectivity index (χ0n) is 11.4. The van der Waals surface area contributed by atoms with Gasteiger partial charge in [0.25, 0.3) is 0 Å². The van der Waals surface area contributed by atoms with E-state index in [4.69, 9.17) is 10.5 Å². The van der Waals surface area contributed by atoms with Crippen molar-refractivity contribution >= 4 is 5.91 Å². The number of carbonyl (C=O) groups is 1. The summed E-state index contributed by atoms with van der Waals surface area (Å²) in [5.41, 5.74) is 7.57. The van der Waals surface area contributed by atoms with Gasteiger partial charge in [0.05, 0.1) is 6.61 Å². The molecule has 0 aliphatic carbocycles. The number of hydrogen-bond acceptors (Lipinski definition) is 3. The minimum atomic E-state index is 0.0732. The predicted octanol–water partition coefficient (Wildman–Crippen LogP) is 1.70. The van der Waals surface area contributed by atoms with Crippen molar-refractivity contribution in [3.05, 3.63) is 29.3 Å². The highest BCUT2D eigenvalue weighted by Crippen LogP contribution is 2.19. The van der Waals surface area contributed by atoms with E-state index in [9.17, 15) is 4.79 Å². The van der Waals surface area contributed by atoms with Gasteiger partial charge in [-0.25, -0.2) is 0 Å². The molecule has 0 fully saturated rings. The number of carbonyl (C=O) groups excluding carboxylic acids is 1. The molecule has 0 bridgehead atoms. The third-order valence-electron chi connectivity index (χ3n) is 2.74. The molecule has 1 amide bonds. The molecular formula is C14H22N2O2. The number of benzene rings is 1. The SMILES string of the molecule is CCOc1ccc(CN(C)C(=O)CCN)cc1C. The van der Waals surface area contributed by atoms with Gasteiger partial charge in [-0.1, -0.05) is 12.1 Å². The first kappa shape index (κ1) is 14.5. The van der Waals surface area contributed by atoms with E-state index in [1.165, 1.54) is 0 Å². The van der Waals surface area contributed by atoms with E-state index >= 15 is 0 Å². The predicted molar refractivity (Wildman–Crippen MR) is 72.5 cm³/mol. The molecule has 0 aliphatic heterocycles. The third-order valence-corrected chi connectivity index (χ3v) is 2.74. The van der Waals surface area contributed by atoms with Crippen molar-refractivity contribution in [3.63, 3.8) is 0 Å². The second-order valence-electron chi connectivity index (χ2n) is 4.32. The normalized spacial score (nSPS) is 10.2. The molecule has 1 rings (SSSR count). The quantitative estimate of drug-likeness (QED) is 0.836. The van der Waals surface area contributed by atoms with Gasteiger partial charge in [-0.3, -0.25) is 4.79 Å². The second kappa shape index (κ2) is 7.01. The Hall–Kier alpha value is -1.55. The monoisotopic (exact) mass is 250 g/mol. The minimum Gasteiger partial charge on any atom is -0.494 e. The fourth-order valence-electron chi connectivity index (χ4n) is 1.80. The first-order valence-electron chi connectivity index (χ1n) is 6.24. The first-order chi connectivity index (χ1) is 8.58. The minimum absolute atomic E-state index is 0.0732. The number of aryl methyl sites for hydroxylation is 1. The van der Waals surface area contributed by atoms with E-state index in [2.05, 4.69) is 6.07 Å². The van der Waals surface area contributed by atoms with Gasteiger partial charge in [0, 0.05) is 26.6 Å². The summed E-state index contributed by atoms with van der Waals surface area (Å²) < 4.78 is 5.49. The van der Waals surface area contributed by atoms with Crippen LogP contribution in [0.5, 0.6) is 5.75 Å². The Kier molecular flexibility index (Phi) is 5.65. The van der Waals surface area contributed by atoms with E-state index in [0.29, 0.717) is 26.1 Å². The molecule has 0 radical (unpaired) electrons. The van der Waals surface area contributed by atoms with Gasteiger partial charge in [0.2, 0.25) is 5.91 Å². The Labute approximate surface area is 109 Å². The van der Waals surface area contributed by atoms with Crippen LogP contribution in [0, 0.1) is 6.92 Å². The molecular weight excluding hydrogens is 228 g/mol. The van der Waals surface area contributed by atoms with Crippen LogP contribution in [0.2, 0.25) is 0 Å². The van der Waals surface area contributed by atoms with E-state index in [1.54, 1.807) is 11.9 Å². The van der Waals surface area contributed by atoms with Crippen LogP contribution in [0.4, 0.5) is 0 Å². The topological polar surface area (TPSA) is 55.6 Å². The molecule has 1 aromatic rings. The molecule has 0 atom stereocenters. The van der Waals surface area contributed by atoms with Crippen LogP contribution in [-0.2, 0) is 11.3 Å². The maximum absolute atomic E-state index is 11.6. The smallest absolute Gasteiger partial charge is 0.223 e. The van der Waals surface area contributed by atoms with Gasteiger partial charge in [-0.05, 0) is 31.0 Å². The van der Waals surface area contributed by atoms with E-state index in [0.717, 1.165) is 16.9 Å². The molecule has 1 aromatic carbocycles. The average Bonchev–Trinajstić information content (AvgIpc) is 2.33. The average molecular weight is 250 g/mol. The van der Waals surface area contributed by atoms with Crippen molar-refractivity contribution in [2.24, 2.45) is 5.73 Å². The van der Waals surface area contributed by atoms with Gasteiger partial charge >= 0.3 is 0 Å². The van der Waals surface area contributed by atoms with Gasteiger partial charge in [-0.2, -0.15) is 0 Å². The van der Waals surface area contributed by atoms with Crippen molar-refractivity contribution in [1.29, 1.82) is 0 Å². The zero-order chi connectivity index (χ0) is 13.5. The molecule has 4 nitrogen and oxygen atoms in total. The number of rotatable bonds is 6. The molecule has 0 unspecified atom stereocenters. The van der Waals surface area contributed by atoms with Crippen molar-refractivity contribution < 1.29 is 9.53 Å². The van der Waals surface area contributed by atoms with Gasteiger partial charge in [0.1, 0.15) is 5.75 Å². The number of ether oxygens (including phenoxy) is 1. The Balaban J connectivity index is 2.68. The molecule has 0 spiro atoms. The number of hydrogen-bond donors (Lipinski definition) is 1. The van der Waals surface area contributed by atoms with E-state index in [1.807, 2.05) is 26.0 Å². The summed E-state index contributed by atoms with van der Waals surface area (Å²) in [7, 11) is 1.80. The molecule has 0 aliphatic rings. The Bertz CT molecular complexity index is 405. The standard InChI is InChI=1S/C14H22N2O2/c1-4-18-13-6-5-12(9-11(13)2)10-16(3)14(17)7-8-15/h5-6,9H,4,7-8,10,15H2,1-3H3. The highest BCUT2D eigenvalue weighted by Gasteiger charge is 2.09. The summed E-state index contributed by atoms with van der Waals surface area (Å²) in [5.74, 6) is 0.973. The van der Waals surface area contributed by atoms with Crippen molar-refractivity contribution in [1.82, 2.24) is 4.90 Å². The van der Waals surface area contributed by atoms with Crippen LogP contribution in [0.3, 0.4) is 0 Å². The number of amides is 1. The highest BCUT2D eigenvalue weighted by atomic mass is 16.5. The summed E-state index contributed by atoms with van der Waals surface area (Å²) in [5, 5.41) is 0. The maximum atomic E-state index is 11.6.